The van der Waals surface area contributed by atoms with E-state index in [1.807, 2.05) is 47.2 Å². The lowest BCUT2D eigenvalue weighted by Gasteiger charge is -2.43. The van der Waals surface area contributed by atoms with E-state index in [9.17, 15) is 18.9 Å². The first-order valence-electron chi connectivity index (χ1n) is 22.8. The summed E-state index contributed by atoms with van der Waals surface area (Å²) in [5, 5.41) is 9.98. The average molecular weight is 916 g/mol. The molecule has 66 heavy (non-hydrogen) atoms. The summed E-state index contributed by atoms with van der Waals surface area (Å²) in [7, 11) is -0.911. The van der Waals surface area contributed by atoms with Crippen LogP contribution in [0.2, 0.25) is 0 Å². The highest BCUT2D eigenvalue weighted by Gasteiger charge is 2.40. The lowest BCUT2D eigenvalue weighted by Crippen LogP contribution is -2.53. The fraction of sp³-hybridized carbons (Fsp3) is 0.417. The highest BCUT2D eigenvalue weighted by molar-refractivity contribution is 7.70. The molecule has 3 saturated heterocycles. The molecule has 6 heterocycles. The van der Waals surface area contributed by atoms with Crippen molar-refractivity contribution >= 4 is 59.0 Å². The third-order valence-corrected chi connectivity index (χ3v) is 14.8. The Bertz CT molecular complexity index is 2640. The molecule has 3 aromatic carbocycles. The fourth-order valence-corrected chi connectivity index (χ4v) is 10.8. The Balaban J connectivity index is 0.791. The molecule has 2 aromatic heterocycles. The number of ether oxygens (including phenoxy) is 2. The molecule has 1 atom stereocenters. The molecule has 0 bridgehead atoms. The predicted octanol–water partition coefficient (Wildman–Crippen LogP) is 5.39. The van der Waals surface area contributed by atoms with Gasteiger partial charge in [0, 0.05) is 98.9 Å². The van der Waals surface area contributed by atoms with Crippen LogP contribution in [-0.2, 0) is 27.1 Å². The van der Waals surface area contributed by atoms with Crippen molar-refractivity contribution in [3.63, 3.8) is 0 Å². The summed E-state index contributed by atoms with van der Waals surface area (Å²) in [4.78, 5) is 60.4. The lowest BCUT2D eigenvalue weighted by atomic mass is 9.99. The third-order valence-electron chi connectivity index (χ3n) is 13.3. The maximum Gasteiger partial charge on any atom is 0.255 e. The van der Waals surface area contributed by atoms with E-state index in [-0.39, 0.29) is 18.2 Å². The van der Waals surface area contributed by atoms with Crippen LogP contribution in [0.25, 0.3) is 5.69 Å². The van der Waals surface area contributed by atoms with Crippen molar-refractivity contribution < 1.29 is 28.4 Å². The summed E-state index contributed by atoms with van der Waals surface area (Å²) in [6.07, 6.45) is 10.5. The van der Waals surface area contributed by atoms with Gasteiger partial charge in [0.1, 0.15) is 37.0 Å². The van der Waals surface area contributed by atoms with Crippen LogP contribution < -0.4 is 35.6 Å². The second kappa shape index (κ2) is 19.3. The fourth-order valence-electron chi connectivity index (χ4n) is 9.67. The minimum Gasteiger partial charge on any atom is -0.494 e. The number of imide groups is 1. The van der Waals surface area contributed by atoms with Gasteiger partial charge < -0.3 is 39.0 Å². The molecule has 346 valence electrons. The van der Waals surface area contributed by atoms with Crippen molar-refractivity contribution in [2.45, 2.75) is 57.7 Å². The molecule has 3 amide bonds. The number of piperidine rings is 2. The van der Waals surface area contributed by atoms with Crippen LogP contribution in [-0.4, -0.2) is 137 Å². The number of imidazole rings is 1. The summed E-state index contributed by atoms with van der Waals surface area (Å²) in [6.45, 7) is 13.1. The van der Waals surface area contributed by atoms with E-state index in [2.05, 4.69) is 59.7 Å². The molecule has 0 aliphatic carbocycles. The number of fused-ring (bicyclic) bond motifs is 1. The van der Waals surface area contributed by atoms with Crippen LogP contribution in [0.4, 0.5) is 28.8 Å². The smallest absolute Gasteiger partial charge is 0.255 e. The van der Waals surface area contributed by atoms with Crippen molar-refractivity contribution in [1.29, 1.82) is 0 Å². The number of benzene rings is 3. The van der Waals surface area contributed by atoms with Gasteiger partial charge >= 0.3 is 0 Å². The van der Waals surface area contributed by atoms with E-state index in [0.29, 0.717) is 60.1 Å². The Labute approximate surface area is 385 Å². The van der Waals surface area contributed by atoms with E-state index in [4.69, 9.17) is 14.5 Å². The number of amides is 3. The van der Waals surface area contributed by atoms with Crippen molar-refractivity contribution in [2.75, 3.05) is 88.4 Å². The van der Waals surface area contributed by atoms with Crippen molar-refractivity contribution in [3.8, 4) is 17.2 Å². The van der Waals surface area contributed by atoms with Gasteiger partial charge in [-0.1, -0.05) is 25.1 Å². The van der Waals surface area contributed by atoms with E-state index in [0.717, 1.165) is 87.3 Å². The Hall–Kier alpha value is -6.29. The molecule has 17 nitrogen and oxygen atoms in total. The molecule has 0 radical (unpaired) electrons. The number of rotatable bonds is 15. The number of aryl methyl sites for hydroxylation is 1. The van der Waals surface area contributed by atoms with Gasteiger partial charge in [-0.3, -0.25) is 29.5 Å². The summed E-state index contributed by atoms with van der Waals surface area (Å²) >= 11 is 0. The van der Waals surface area contributed by atoms with Gasteiger partial charge in [-0.2, -0.15) is 4.98 Å². The molecule has 5 aromatic rings. The molecule has 4 aliphatic rings. The van der Waals surface area contributed by atoms with Crippen LogP contribution in [0, 0.1) is 0 Å². The molecular weight excluding hydrogens is 858 g/mol. The quantitative estimate of drug-likeness (QED) is 0.0899. The first-order chi connectivity index (χ1) is 32.0. The van der Waals surface area contributed by atoms with Crippen LogP contribution in [0.3, 0.4) is 0 Å². The van der Waals surface area contributed by atoms with E-state index >= 15 is 0 Å². The Morgan fingerprint density at radius 3 is 2.42 bits per heavy atom. The van der Waals surface area contributed by atoms with Gasteiger partial charge in [-0.05, 0) is 74.9 Å². The van der Waals surface area contributed by atoms with Gasteiger partial charge in [0.25, 0.3) is 5.91 Å². The number of nitrogens with zero attached hydrogens (tertiary/aromatic N) is 8. The number of carbonyl (C=O) groups excluding carboxylic acids is 3. The van der Waals surface area contributed by atoms with Crippen LogP contribution >= 0.6 is 7.14 Å². The number of methoxy groups -OCH3 is 1. The van der Waals surface area contributed by atoms with E-state index in [1.165, 1.54) is 11.3 Å². The standard InChI is InChI=1S/C48H58N11O6P/c1-5-32-27-37(52-48-50-29-40(58-20-17-49-31-58)45(54-48)51-36-10-6-7-12-43(36)66(3,4)63)42(64-2)28-39(32)57-18-15-33(16-19-57)56-23-21-55(22-24-56)25-26-65-41-11-8-9-34-35(41)30-59(47(34)62)38-13-14-44(60)53-46(38)61/h6-12,17,20,27-29,31,33,38H,5,13-16,18-19,21-26,30H2,1-4H3,(H,53,60,61)(H2,50,51,52,54). The Morgan fingerprint density at radius 1 is 0.894 bits per heavy atom. The third kappa shape index (κ3) is 9.51. The van der Waals surface area contributed by atoms with Crippen LogP contribution in [0.15, 0.2) is 79.5 Å². The average Bonchev–Trinajstić information content (AvgIpc) is 3.98. The monoisotopic (exact) mass is 915 g/mol. The van der Waals surface area contributed by atoms with Crippen molar-refractivity contribution in [1.82, 2.24) is 39.5 Å². The first-order valence-corrected chi connectivity index (χ1v) is 25.4. The minimum atomic E-state index is -2.60. The van der Waals surface area contributed by atoms with Crippen LogP contribution in [0.1, 0.15) is 54.1 Å². The summed E-state index contributed by atoms with van der Waals surface area (Å²) in [6, 6.07) is 17.2. The van der Waals surface area contributed by atoms with Crippen molar-refractivity contribution in [2.24, 2.45) is 0 Å². The second-order valence-electron chi connectivity index (χ2n) is 17.7. The van der Waals surface area contributed by atoms with Gasteiger partial charge in [0.15, 0.2) is 5.82 Å². The number of anilines is 5. The second-order valence-corrected chi connectivity index (χ2v) is 20.9. The number of hydrogen-bond acceptors (Lipinski definition) is 14. The Morgan fingerprint density at radius 2 is 1.70 bits per heavy atom. The molecule has 3 fully saturated rings. The highest BCUT2D eigenvalue weighted by Crippen LogP contribution is 2.40. The molecule has 9 rings (SSSR count). The van der Waals surface area contributed by atoms with E-state index < -0.39 is 19.1 Å². The Kier molecular flexibility index (Phi) is 13.1. The van der Waals surface area contributed by atoms with Crippen LogP contribution in [0.5, 0.6) is 11.5 Å². The molecule has 18 heteroatoms. The number of piperazine rings is 1. The largest absolute Gasteiger partial charge is 0.494 e. The minimum absolute atomic E-state index is 0.196. The molecule has 1 unspecified atom stereocenters. The normalized spacial score (nSPS) is 18.6. The number of carbonyl (C=O) groups is 3. The van der Waals surface area contributed by atoms with Crippen molar-refractivity contribution in [3.05, 3.63) is 96.2 Å². The molecular formula is C48H58N11O6P. The lowest BCUT2D eigenvalue weighted by molar-refractivity contribution is -0.136. The molecule has 0 saturated carbocycles. The van der Waals surface area contributed by atoms with Gasteiger partial charge in [0.2, 0.25) is 17.8 Å². The van der Waals surface area contributed by atoms with Gasteiger partial charge in [0.05, 0.1) is 37.6 Å². The topological polar surface area (TPSA) is 179 Å². The maximum atomic E-state index is 13.3. The highest BCUT2D eigenvalue weighted by atomic mass is 31.2. The number of para-hydroxylation sites is 1. The zero-order valence-electron chi connectivity index (χ0n) is 38.0. The summed E-state index contributed by atoms with van der Waals surface area (Å²) < 4.78 is 27.3. The summed E-state index contributed by atoms with van der Waals surface area (Å²) in [5.41, 5.74) is 5.92. The predicted molar refractivity (Wildman–Crippen MR) is 255 cm³/mol. The number of hydrogen-bond donors (Lipinski definition) is 3. The van der Waals surface area contributed by atoms with E-state index in [1.54, 1.807) is 50.1 Å². The SMILES string of the molecule is CCc1cc(Nc2ncc(-n3ccnc3)c(Nc3ccccc3P(C)(C)=O)n2)c(OC)cc1N1CCC(N2CCN(CCOc3cccc4c3CN(C3CCC(=O)NC3=O)C4=O)CC2)CC1. The first kappa shape index (κ1) is 44.9. The zero-order valence-corrected chi connectivity index (χ0v) is 38.9. The molecule has 0 spiro atoms. The molecule has 3 N–H and O–H groups in total. The molecule has 4 aliphatic heterocycles. The van der Waals surface area contributed by atoms with Gasteiger partial charge in [-0.15, -0.1) is 0 Å². The maximum absolute atomic E-state index is 13.3. The number of nitrogens with one attached hydrogen (secondary N) is 3. The number of aromatic nitrogens is 4. The van der Waals surface area contributed by atoms with Gasteiger partial charge in [-0.25, -0.2) is 9.97 Å². The summed E-state index contributed by atoms with van der Waals surface area (Å²) in [5.74, 6) is 1.38. The zero-order chi connectivity index (χ0) is 46.0.